The van der Waals surface area contributed by atoms with Crippen LogP contribution in [0.5, 0.6) is 0 Å². The predicted octanol–water partition coefficient (Wildman–Crippen LogP) is 0.497. The summed E-state index contributed by atoms with van der Waals surface area (Å²) in [5.74, 6) is 0.0599. The highest BCUT2D eigenvalue weighted by molar-refractivity contribution is 5.77. The molecule has 0 spiro atoms. The van der Waals surface area contributed by atoms with E-state index in [4.69, 9.17) is 0 Å². The summed E-state index contributed by atoms with van der Waals surface area (Å²) in [6.45, 7) is 2.86. The Morgan fingerprint density at radius 1 is 1.17 bits per heavy atom. The molecule has 0 radical (unpaired) electrons. The van der Waals surface area contributed by atoms with Crippen molar-refractivity contribution < 1.29 is 4.79 Å². The number of carbonyl (C=O) groups is 1. The number of likely N-dealkylation sites (N-methyl/N-ethyl adjacent to an activating group) is 1. The van der Waals surface area contributed by atoms with Gasteiger partial charge in [-0.05, 0) is 26.1 Å². The Hall–Kier alpha value is -1.39. The van der Waals surface area contributed by atoms with Gasteiger partial charge < -0.3 is 15.5 Å². The average molecular weight is 249 g/mol. The first-order valence-corrected chi connectivity index (χ1v) is 6.34. The van der Waals surface area contributed by atoms with Crippen LogP contribution in [0.1, 0.15) is 5.56 Å². The molecule has 4 nitrogen and oxygen atoms in total. The molecule has 1 amide bonds. The summed E-state index contributed by atoms with van der Waals surface area (Å²) in [4.78, 5) is 13.6. The Balaban J connectivity index is 2.03. The lowest BCUT2D eigenvalue weighted by Gasteiger charge is -2.10. The maximum atomic E-state index is 11.5. The van der Waals surface area contributed by atoms with Gasteiger partial charge in [0.1, 0.15) is 0 Å². The van der Waals surface area contributed by atoms with Gasteiger partial charge in [-0.2, -0.15) is 0 Å². The molecule has 0 atom stereocenters. The summed E-state index contributed by atoms with van der Waals surface area (Å²) in [7, 11) is 4.03. The van der Waals surface area contributed by atoms with Gasteiger partial charge in [-0.25, -0.2) is 0 Å². The van der Waals surface area contributed by atoms with Crippen LogP contribution in [0.15, 0.2) is 30.3 Å². The van der Waals surface area contributed by atoms with Gasteiger partial charge in [0, 0.05) is 19.6 Å². The Kier molecular flexibility index (Phi) is 7.06. The van der Waals surface area contributed by atoms with Crippen molar-refractivity contribution in [2.75, 3.05) is 40.3 Å². The van der Waals surface area contributed by atoms with E-state index in [2.05, 4.69) is 27.7 Å². The molecule has 1 rings (SSSR count). The minimum atomic E-state index is 0.0599. The third-order valence-electron chi connectivity index (χ3n) is 2.60. The van der Waals surface area contributed by atoms with Crippen molar-refractivity contribution in [2.45, 2.75) is 6.42 Å². The molecule has 0 aromatic heterocycles. The molecule has 100 valence electrons. The highest BCUT2D eigenvalue weighted by Gasteiger charge is 2.00. The number of hydrogen-bond acceptors (Lipinski definition) is 3. The maximum Gasteiger partial charge on any atom is 0.233 e. The summed E-state index contributed by atoms with van der Waals surface area (Å²) in [6, 6.07) is 10.2. The quantitative estimate of drug-likeness (QED) is 0.659. The monoisotopic (exact) mass is 249 g/mol. The number of nitrogens with one attached hydrogen (secondary N) is 2. The normalized spacial score (nSPS) is 10.6. The molecule has 0 heterocycles. The standard InChI is InChI=1S/C14H23N3O/c1-17(2)11-10-15-12-14(18)16-9-8-13-6-4-3-5-7-13/h3-7,15H,8-12H2,1-2H3,(H,16,18). The van der Waals surface area contributed by atoms with Crippen molar-refractivity contribution in [3.8, 4) is 0 Å². The molecule has 0 saturated carbocycles. The summed E-state index contributed by atoms with van der Waals surface area (Å²) in [5.41, 5.74) is 1.25. The summed E-state index contributed by atoms with van der Waals surface area (Å²) in [6.07, 6.45) is 0.879. The third kappa shape index (κ3) is 7.04. The van der Waals surface area contributed by atoms with Gasteiger partial charge in [0.2, 0.25) is 5.91 Å². The van der Waals surface area contributed by atoms with E-state index in [0.29, 0.717) is 13.1 Å². The van der Waals surface area contributed by atoms with E-state index in [1.165, 1.54) is 5.56 Å². The molecule has 18 heavy (non-hydrogen) atoms. The van der Waals surface area contributed by atoms with E-state index in [1.54, 1.807) is 0 Å². The molecule has 0 unspecified atom stereocenters. The van der Waals surface area contributed by atoms with E-state index in [1.807, 2.05) is 32.3 Å². The Bertz CT molecular complexity index is 338. The Morgan fingerprint density at radius 2 is 1.89 bits per heavy atom. The smallest absolute Gasteiger partial charge is 0.233 e. The average Bonchev–Trinajstić information content (AvgIpc) is 2.36. The fourth-order valence-corrected chi connectivity index (χ4v) is 1.56. The number of hydrogen-bond donors (Lipinski definition) is 2. The van der Waals surface area contributed by atoms with E-state index in [0.717, 1.165) is 19.5 Å². The van der Waals surface area contributed by atoms with Crippen LogP contribution in [0.2, 0.25) is 0 Å². The lowest BCUT2D eigenvalue weighted by Crippen LogP contribution is -2.37. The zero-order valence-electron chi connectivity index (χ0n) is 11.3. The number of amides is 1. The van der Waals surface area contributed by atoms with Crippen molar-refractivity contribution in [2.24, 2.45) is 0 Å². The van der Waals surface area contributed by atoms with Crippen molar-refractivity contribution in [1.82, 2.24) is 15.5 Å². The van der Waals surface area contributed by atoms with E-state index in [9.17, 15) is 4.79 Å². The topological polar surface area (TPSA) is 44.4 Å². The second-order valence-electron chi connectivity index (χ2n) is 4.57. The van der Waals surface area contributed by atoms with Gasteiger partial charge in [0.15, 0.2) is 0 Å². The molecule has 2 N–H and O–H groups in total. The molecule has 0 fully saturated rings. The molecule has 0 aliphatic carbocycles. The maximum absolute atomic E-state index is 11.5. The molecule has 0 saturated heterocycles. The number of rotatable bonds is 8. The summed E-state index contributed by atoms with van der Waals surface area (Å²) < 4.78 is 0. The van der Waals surface area contributed by atoms with Crippen LogP contribution < -0.4 is 10.6 Å². The fraction of sp³-hybridized carbons (Fsp3) is 0.500. The lowest BCUT2D eigenvalue weighted by molar-refractivity contribution is -0.120. The van der Waals surface area contributed by atoms with E-state index >= 15 is 0 Å². The highest BCUT2D eigenvalue weighted by Crippen LogP contribution is 1.97. The molecular formula is C14H23N3O. The van der Waals surface area contributed by atoms with Crippen LogP contribution in [-0.4, -0.2) is 51.1 Å². The second-order valence-corrected chi connectivity index (χ2v) is 4.57. The molecule has 1 aromatic carbocycles. The zero-order chi connectivity index (χ0) is 13.2. The van der Waals surface area contributed by atoms with Crippen LogP contribution in [-0.2, 0) is 11.2 Å². The van der Waals surface area contributed by atoms with Gasteiger partial charge in [-0.1, -0.05) is 30.3 Å². The second kappa shape index (κ2) is 8.66. The Labute approximate surface area is 109 Å². The molecular weight excluding hydrogens is 226 g/mol. The number of benzene rings is 1. The SMILES string of the molecule is CN(C)CCNCC(=O)NCCc1ccccc1. The van der Waals surface area contributed by atoms with Crippen molar-refractivity contribution in [1.29, 1.82) is 0 Å². The molecule has 4 heteroatoms. The van der Waals surface area contributed by atoms with Crippen LogP contribution in [0.4, 0.5) is 0 Å². The van der Waals surface area contributed by atoms with Gasteiger partial charge in [-0.3, -0.25) is 4.79 Å². The van der Waals surface area contributed by atoms with Gasteiger partial charge >= 0.3 is 0 Å². The first-order valence-electron chi connectivity index (χ1n) is 6.34. The highest BCUT2D eigenvalue weighted by atomic mass is 16.1. The molecule has 0 aliphatic rings. The van der Waals surface area contributed by atoms with E-state index < -0.39 is 0 Å². The van der Waals surface area contributed by atoms with Crippen LogP contribution >= 0.6 is 0 Å². The van der Waals surface area contributed by atoms with Crippen molar-refractivity contribution in [3.63, 3.8) is 0 Å². The first-order chi connectivity index (χ1) is 8.68. The summed E-state index contributed by atoms with van der Waals surface area (Å²) in [5, 5.41) is 6.02. The van der Waals surface area contributed by atoms with Crippen LogP contribution in [0.3, 0.4) is 0 Å². The van der Waals surface area contributed by atoms with Crippen molar-refractivity contribution >= 4 is 5.91 Å². The van der Waals surface area contributed by atoms with Gasteiger partial charge in [0.05, 0.1) is 6.54 Å². The summed E-state index contributed by atoms with van der Waals surface area (Å²) >= 11 is 0. The van der Waals surface area contributed by atoms with Crippen LogP contribution in [0, 0.1) is 0 Å². The van der Waals surface area contributed by atoms with Gasteiger partial charge in [0.25, 0.3) is 0 Å². The molecule has 0 aliphatic heterocycles. The lowest BCUT2D eigenvalue weighted by atomic mass is 10.1. The third-order valence-corrected chi connectivity index (χ3v) is 2.60. The largest absolute Gasteiger partial charge is 0.355 e. The number of nitrogens with zero attached hydrogens (tertiary/aromatic N) is 1. The number of carbonyl (C=O) groups excluding carboxylic acids is 1. The Morgan fingerprint density at radius 3 is 2.56 bits per heavy atom. The van der Waals surface area contributed by atoms with Crippen molar-refractivity contribution in [3.05, 3.63) is 35.9 Å². The molecule has 1 aromatic rings. The first kappa shape index (κ1) is 14.7. The van der Waals surface area contributed by atoms with E-state index in [-0.39, 0.29) is 5.91 Å². The minimum Gasteiger partial charge on any atom is -0.355 e. The molecule has 0 bridgehead atoms. The van der Waals surface area contributed by atoms with Crippen LogP contribution in [0.25, 0.3) is 0 Å². The van der Waals surface area contributed by atoms with Gasteiger partial charge in [-0.15, -0.1) is 0 Å². The fourth-order valence-electron chi connectivity index (χ4n) is 1.56. The predicted molar refractivity (Wildman–Crippen MR) is 74.6 cm³/mol. The zero-order valence-corrected chi connectivity index (χ0v) is 11.3. The minimum absolute atomic E-state index is 0.0599.